The summed E-state index contributed by atoms with van der Waals surface area (Å²) in [7, 11) is 2.30. The Kier molecular flexibility index (Phi) is 3.50. The van der Waals surface area contributed by atoms with Crippen molar-refractivity contribution in [1.29, 1.82) is 0 Å². The largest absolute Gasteiger partial charge is 0.297 e. The first-order valence-electron chi connectivity index (χ1n) is 7.99. The van der Waals surface area contributed by atoms with Gasteiger partial charge in [0.2, 0.25) is 0 Å². The Morgan fingerprint density at radius 3 is 2.65 bits per heavy atom. The molecule has 1 nitrogen and oxygen atoms in total. The predicted octanol–water partition coefficient (Wildman–Crippen LogP) is 4.62. The zero-order chi connectivity index (χ0) is 14.3. The zero-order valence-corrected chi connectivity index (χ0v) is 13.3. The van der Waals surface area contributed by atoms with Crippen LogP contribution in [0, 0.1) is 0 Å². The highest BCUT2D eigenvalue weighted by molar-refractivity contribution is 5.68. The maximum absolute atomic E-state index is 2.58. The minimum absolute atomic E-state index is 0.234. The van der Waals surface area contributed by atoms with Crippen LogP contribution in [0.25, 0.3) is 5.57 Å². The summed E-state index contributed by atoms with van der Waals surface area (Å²) in [6, 6.07) is 10.6. The molecule has 2 aliphatic rings. The van der Waals surface area contributed by atoms with Crippen molar-refractivity contribution >= 4 is 5.57 Å². The van der Waals surface area contributed by atoms with Crippen molar-refractivity contribution in [3.63, 3.8) is 0 Å². The van der Waals surface area contributed by atoms with Crippen LogP contribution in [0.2, 0.25) is 0 Å². The standard InChI is InChI=1S/C19H27N/c1-19(2,3)16-8-5-7-14(11-16)15-12-17-9-6-10-18(13-15)20(17)4/h5,7-8,11-12,17-18H,6,9-10,13H2,1-4H3. The van der Waals surface area contributed by atoms with Crippen LogP contribution in [0.1, 0.15) is 57.6 Å². The average molecular weight is 269 g/mol. The molecule has 0 amide bonds. The van der Waals surface area contributed by atoms with Crippen molar-refractivity contribution in [2.75, 3.05) is 7.05 Å². The first kappa shape index (κ1) is 13.9. The highest BCUT2D eigenvalue weighted by atomic mass is 15.2. The van der Waals surface area contributed by atoms with Crippen LogP contribution in [-0.2, 0) is 5.41 Å². The second-order valence-electron chi connectivity index (χ2n) is 7.54. The number of fused-ring (bicyclic) bond motifs is 2. The van der Waals surface area contributed by atoms with Crippen LogP contribution >= 0.6 is 0 Å². The Balaban J connectivity index is 1.94. The second-order valence-corrected chi connectivity index (χ2v) is 7.54. The second kappa shape index (κ2) is 5.04. The Bertz CT molecular complexity index is 521. The smallest absolute Gasteiger partial charge is 0.0284 e. The fraction of sp³-hybridized carbons (Fsp3) is 0.579. The number of nitrogens with zero attached hydrogens (tertiary/aromatic N) is 1. The summed E-state index contributed by atoms with van der Waals surface area (Å²) in [6.45, 7) is 6.89. The van der Waals surface area contributed by atoms with E-state index in [1.807, 2.05) is 0 Å². The monoisotopic (exact) mass is 269 g/mol. The molecule has 1 aromatic rings. The van der Waals surface area contributed by atoms with E-state index in [2.05, 4.69) is 63.1 Å². The highest BCUT2D eigenvalue weighted by Crippen LogP contribution is 2.36. The fourth-order valence-corrected chi connectivity index (χ4v) is 3.64. The van der Waals surface area contributed by atoms with Crippen LogP contribution < -0.4 is 0 Å². The van der Waals surface area contributed by atoms with E-state index in [0.29, 0.717) is 6.04 Å². The van der Waals surface area contributed by atoms with Crippen molar-refractivity contribution in [1.82, 2.24) is 4.90 Å². The Hall–Kier alpha value is -1.08. The molecule has 20 heavy (non-hydrogen) atoms. The summed E-state index contributed by atoms with van der Waals surface area (Å²) in [5, 5.41) is 0. The minimum atomic E-state index is 0.234. The third kappa shape index (κ3) is 2.56. The molecule has 0 saturated carbocycles. The number of benzene rings is 1. The molecule has 3 rings (SSSR count). The van der Waals surface area contributed by atoms with E-state index in [1.165, 1.54) is 36.8 Å². The van der Waals surface area contributed by atoms with Gasteiger partial charge in [0.05, 0.1) is 0 Å². The van der Waals surface area contributed by atoms with Gasteiger partial charge in [0.1, 0.15) is 0 Å². The van der Waals surface area contributed by atoms with E-state index in [4.69, 9.17) is 0 Å². The fourth-order valence-electron chi connectivity index (χ4n) is 3.64. The summed E-state index contributed by atoms with van der Waals surface area (Å²) in [4.78, 5) is 2.58. The third-order valence-corrected chi connectivity index (χ3v) is 5.08. The summed E-state index contributed by atoms with van der Waals surface area (Å²) < 4.78 is 0. The van der Waals surface area contributed by atoms with Gasteiger partial charge in [0.15, 0.2) is 0 Å². The molecule has 1 aromatic carbocycles. The van der Waals surface area contributed by atoms with Crippen LogP contribution in [0.4, 0.5) is 0 Å². The van der Waals surface area contributed by atoms with Gasteiger partial charge in [-0.2, -0.15) is 0 Å². The topological polar surface area (TPSA) is 3.24 Å². The van der Waals surface area contributed by atoms with Gasteiger partial charge in [-0.3, -0.25) is 4.90 Å². The summed E-state index contributed by atoms with van der Waals surface area (Å²) in [6.07, 6.45) is 7.84. The van der Waals surface area contributed by atoms with Gasteiger partial charge in [0.25, 0.3) is 0 Å². The van der Waals surface area contributed by atoms with Crippen LogP contribution in [0.3, 0.4) is 0 Å². The maximum Gasteiger partial charge on any atom is 0.0284 e. The third-order valence-electron chi connectivity index (χ3n) is 5.08. The van der Waals surface area contributed by atoms with E-state index in [0.717, 1.165) is 6.04 Å². The molecule has 2 atom stereocenters. The molecule has 1 heteroatoms. The molecule has 0 spiro atoms. The van der Waals surface area contributed by atoms with E-state index >= 15 is 0 Å². The van der Waals surface area contributed by atoms with Crippen molar-refractivity contribution in [3.8, 4) is 0 Å². The quantitative estimate of drug-likeness (QED) is 0.719. The molecule has 2 bridgehead atoms. The molecule has 1 fully saturated rings. The first-order valence-corrected chi connectivity index (χ1v) is 7.99. The summed E-state index contributed by atoms with van der Waals surface area (Å²) >= 11 is 0. The van der Waals surface area contributed by atoms with Gasteiger partial charge in [-0.15, -0.1) is 0 Å². The van der Waals surface area contributed by atoms with Crippen molar-refractivity contribution in [2.24, 2.45) is 0 Å². The lowest BCUT2D eigenvalue weighted by atomic mass is 9.81. The molecular formula is C19H27N. The van der Waals surface area contributed by atoms with Crippen molar-refractivity contribution < 1.29 is 0 Å². The Morgan fingerprint density at radius 1 is 1.15 bits per heavy atom. The SMILES string of the molecule is CN1C2C=C(c3cccc(C(C)(C)C)c3)CC1CCC2. The van der Waals surface area contributed by atoms with Crippen LogP contribution in [0.5, 0.6) is 0 Å². The average Bonchev–Trinajstić information content (AvgIpc) is 2.37. The predicted molar refractivity (Wildman–Crippen MR) is 86.9 cm³/mol. The van der Waals surface area contributed by atoms with Gasteiger partial charge in [-0.25, -0.2) is 0 Å². The van der Waals surface area contributed by atoms with Crippen molar-refractivity contribution in [2.45, 2.75) is 64.0 Å². The maximum atomic E-state index is 2.58. The van der Waals surface area contributed by atoms with E-state index < -0.39 is 0 Å². The van der Waals surface area contributed by atoms with Crippen LogP contribution in [0.15, 0.2) is 30.3 Å². The van der Waals surface area contributed by atoms with Gasteiger partial charge in [-0.05, 0) is 48.4 Å². The number of hydrogen-bond donors (Lipinski definition) is 0. The lowest BCUT2D eigenvalue weighted by Gasteiger charge is -2.43. The molecule has 2 heterocycles. The number of piperidine rings is 1. The van der Waals surface area contributed by atoms with Crippen molar-refractivity contribution in [3.05, 3.63) is 41.5 Å². The molecule has 108 valence electrons. The summed E-state index contributed by atoms with van der Waals surface area (Å²) in [5.41, 5.74) is 4.70. The molecule has 2 unspecified atom stereocenters. The summed E-state index contributed by atoms with van der Waals surface area (Å²) in [5.74, 6) is 0. The number of likely N-dealkylation sites (N-methyl/N-ethyl adjacent to an activating group) is 1. The highest BCUT2D eigenvalue weighted by Gasteiger charge is 2.31. The van der Waals surface area contributed by atoms with E-state index in [-0.39, 0.29) is 5.41 Å². The van der Waals surface area contributed by atoms with Gasteiger partial charge in [0, 0.05) is 12.1 Å². The van der Waals surface area contributed by atoms with Crippen LogP contribution in [-0.4, -0.2) is 24.0 Å². The number of rotatable bonds is 1. The van der Waals surface area contributed by atoms with Gasteiger partial charge >= 0.3 is 0 Å². The molecular weight excluding hydrogens is 242 g/mol. The lowest BCUT2D eigenvalue weighted by molar-refractivity contribution is 0.137. The zero-order valence-electron chi connectivity index (χ0n) is 13.3. The molecule has 0 aliphatic carbocycles. The molecule has 0 N–H and O–H groups in total. The normalized spacial score (nSPS) is 27.3. The first-order chi connectivity index (χ1) is 9.45. The van der Waals surface area contributed by atoms with Gasteiger partial charge in [-0.1, -0.05) is 57.5 Å². The Morgan fingerprint density at radius 2 is 1.95 bits per heavy atom. The molecule has 0 aromatic heterocycles. The number of hydrogen-bond acceptors (Lipinski definition) is 1. The molecule has 1 saturated heterocycles. The molecule has 0 radical (unpaired) electrons. The van der Waals surface area contributed by atoms with E-state index in [9.17, 15) is 0 Å². The Labute approximate surface area is 123 Å². The van der Waals surface area contributed by atoms with Gasteiger partial charge < -0.3 is 0 Å². The lowest BCUT2D eigenvalue weighted by Crippen LogP contribution is -2.45. The molecule has 2 aliphatic heterocycles. The minimum Gasteiger partial charge on any atom is -0.297 e. The van der Waals surface area contributed by atoms with E-state index in [1.54, 1.807) is 5.57 Å².